The van der Waals surface area contributed by atoms with Crippen LogP contribution >= 0.6 is 23.4 Å². The number of H-pyrrole nitrogens is 1. The largest absolute Gasteiger partial charge is 0.506 e. The molecule has 0 radical (unpaired) electrons. The molecule has 1 aromatic heterocycles. The van der Waals surface area contributed by atoms with E-state index in [1.54, 1.807) is 16.8 Å². The van der Waals surface area contributed by atoms with Crippen LogP contribution in [-0.4, -0.2) is 39.8 Å². The number of aromatic amines is 1. The Morgan fingerprint density at radius 2 is 2.04 bits per heavy atom. The number of thioether (sulfide) groups is 1. The Kier molecular flexibility index (Phi) is 4.73. The second-order valence-corrected chi connectivity index (χ2v) is 7.87. The molecule has 0 spiro atoms. The number of halogens is 1. The van der Waals surface area contributed by atoms with Crippen molar-refractivity contribution in [2.45, 2.75) is 24.1 Å². The highest BCUT2D eigenvalue weighted by Gasteiger charge is 2.32. The number of carbonyl (C=O) groups is 1. The second kappa shape index (κ2) is 7.02. The molecule has 1 aromatic carbocycles. The van der Waals surface area contributed by atoms with Crippen molar-refractivity contribution in [3.63, 3.8) is 0 Å². The van der Waals surface area contributed by atoms with Crippen LogP contribution in [0.15, 0.2) is 23.0 Å². The topological polar surface area (TPSA) is 96.3 Å². The summed E-state index contributed by atoms with van der Waals surface area (Å²) in [6.07, 6.45) is 1.55. The van der Waals surface area contributed by atoms with Gasteiger partial charge in [0.1, 0.15) is 11.6 Å². The van der Waals surface area contributed by atoms with E-state index in [1.807, 2.05) is 0 Å². The monoisotopic (exact) mass is 395 g/mol. The van der Waals surface area contributed by atoms with Gasteiger partial charge in [-0.15, -0.1) is 11.8 Å². The summed E-state index contributed by atoms with van der Waals surface area (Å²) in [5, 5.41) is 15.3. The Bertz CT molecular complexity index is 904. The number of hydrogen-bond acceptors (Lipinski definition) is 5. The maximum Gasteiger partial charge on any atom is 0.270 e. The standard InChI is InChI=1S/C17H18ClN3O4S/c18-11-7-9(1-2-12(11)22)15-14-16(19-13(23)8-26-15)21(20-17(14)24)10-3-5-25-6-4-10/h1-2,7,10,15,22H,3-6,8H2,(H,19,23)(H,20,24)/t15-/m0/s1. The number of carbonyl (C=O) groups excluding carboxylic acids is 1. The lowest BCUT2D eigenvalue weighted by atomic mass is 10.1. The Morgan fingerprint density at radius 3 is 2.77 bits per heavy atom. The smallest absolute Gasteiger partial charge is 0.270 e. The molecule has 0 unspecified atom stereocenters. The number of hydrogen-bond donors (Lipinski definition) is 3. The highest BCUT2D eigenvalue weighted by Crippen LogP contribution is 2.42. The second-order valence-electron chi connectivity index (χ2n) is 6.37. The van der Waals surface area contributed by atoms with Gasteiger partial charge in [0.15, 0.2) is 0 Å². The van der Waals surface area contributed by atoms with Gasteiger partial charge in [0.25, 0.3) is 5.56 Å². The van der Waals surface area contributed by atoms with Gasteiger partial charge in [0.2, 0.25) is 5.91 Å². The molecule has 7 nitrogen and oxygen atoms in total. The first-order chi connectivity index (χ1) is 12.5. The van der Waals surface area contributed by atoms with E-state index < -0.39 is 0 Å². The molecule has 1 saturated heterocycles. The zero-order chi connectivity index (χ0) is 18.3. The molecule has 9 heteroatoms. The molecule has 0 aliphatic carbocycles. The number of amides is 1. The molecule has 0 bridgehead atoms. The zero-order valence-electron chi connectivity index (χ0n) is 13.8. The molecule has 1 atom stereocenters. The van der Waals surface area contributed by atoms with E-state index in [4.69, 9.17) is 16.3 Å². The van der Waals surface area contributed by atoms with Crippen LogP contribution in [0, 0.1) is 0 Å². The van der Waals surface area contributed by atoms with E-state index in [-0.39, 0.29) is 39.3 Å². The van der Waals surface area contributed by atoms with Crippen molar-refractivity contribution in [2.24, 2.45) is 0 Å². The first-order valence-corrected chi connectivity index (χ1v) is 9.79. The van der Waals surface area contributed by atoms with E-state index in [9.17, 15) is 14.7 Å². The summed E-state index contributed by atoms with van der Waals surface area (Å²) in [6.45, 7) is 1.25. The molecule has 3 heterocycles. The van der Waals surface area contributed by atoms with Crippen molar-refractivity contribution in [2.75, 3.05) is 24.3 Å². The Hall–Kier alpha value is -1.90. The molecule has 2 aliphatic rings. The molecule has 138 valence electrons. The minimum absolute atomic E-state index is 0.0165. The Labute approximate surface area is 158 Å². The lowest BCUT2D eigenvalue weighted by molar-refractivity contribution is -0.113. The number of aromatic nitrogens is 2. The quantitative estimate of drug-likeness (QED) is 0.726. The number of ether oxygens (including phenoxy) is 1. The fourth-order valence-electron chi connectivity index (χ4n) is 3.41. The number of nitrogens with one attached hydrogen (secondary N) is 2. The normalized spacial score (nSPS) is 21.1. The minimum atomic E-state index is -0.355. The molecule has 4 rings (SSSR count). The molecule has 1 fully saturated rings. The Balaban J connectivity index is 1.82. The van der Waals surface area contributed by atoms with Crippen LogP contribution in [0.4, 0.5) is 5.82 Å². The van der Waals surface area contributed by atoms with Crippen molar-refractivity contribution >= 4 is 35.1 Å². The van der Waals surface area contributed by atoms with E-state index in [2.05, 4.69) is 10.4 Å². The first kappa shape index (κ1) is 17.5. The van der Waals surface area contributed by atoms with Crippen LogP contribution < -0.4 is 10.9 Å². The van der Waals surface area contributed by atoms with Crippen molar-refractivity contribution < 1.29 is 14.6 Å². The maximum absolute atomic E-state index is 12.8. The molecular formula is C17H18ClN3O4S. The highest BCUT2D eigenvalue weighted by molar-refractivity contribution is 8.00. The fourth-order valence-corrected chi connectivity index (χ4v) is 4.71. The van der Waals surface area contributed by atoms with Gasteiger partial charge in [-0.25, -0.2) is 0 Å². The average Bonchev–Trinajstić information content (AvgIpc) is 2.84. The van der Waals surface area contributed by atoms with Gasteiger partial charge in [-0.05, 0) is 30.5 Å². The molecule has 2 aliphatic heterocycles. The predicted octanol–water partition coefficient (Wildman–Crippen LogP) is 2.66. The van der Waals surface area contributed by atoms with Gasteiger partial charge in [-0.3, -0.25) is 19.4 Å². The minimum Gasteiger partial charge on any atom is -0.506 e. The van der Waals surface area contributed by atoms with E-state index in [1.165, 1.54) is 17.8 Å². The molecule has 1 amide bonds. The maximum atomic E-state index is 12.8. The fraction of sp³-hybridized carbons (Fsp3) is 0.412. The van der Waals surface area contributed by atoms with Gasteiger partial charge >= 0.3 is 0 Å². The number of phenolic OH excluding ortho intramolecular Hbond substituents is 1. The molecule has 3 N–H and O–H groups in total. The van der Waals surface area contributed by atoms with E-state index in [0.717, 1.165) is 18.4 Å². The van der Waals surface area contributed by atoms with Gasteiger partial charge in [0.05, 0.1) is 27.6 Å². The van der Waals surface area contributed by atoms with Crippen LogP contribution in [0.3, 0.4) is 0 Å². The van der Waals surface area contributed by atoms with Gasteiger partial charge in [0, 0.05) is 13.2 Å². The molecule has 0 saturated carbocycles. The SMILES string of the molecule is O=C1CS[C@@H](c2ccc(O)c(Cl)c2)c2c(n(C3CCOCC3)[nH]c2=O)N1. The Morgan fingerprint density at radius 1 is 1.27 bits per heavy atom. The number of aromatic hydroxyl groups is 1. The van der Waals surface area contributed by atoms with Crippen LogP contribution in [0.5, 0.6) is 5.75 Å². The number of benzene rings is 1. The van der Waals surface area contributed by atoms with E-state index in [0.29, 0.717) is 24.6 Å². The van der Waals surface area contributed by atoms with Crippen molar-refractivity contribution in [3.8, 4) is 5.75 Å². The molecule has 26 heavy (non-hydrogen) atoms. The highest BCUT2D eigenvalue weighted by atomic mass is 35.5. The van der Waals surface area contributed by atoms with Crippen molar-refractivity contribution in [3.05, 3.63) is 44.7 Å². The van der Waals surface area contributed by atoms with Crippen LogP contribution in [0.25, 0.3) is 0 Å². The molecular weight excluding hydrogens is 378 g/mol. The van der Waals surface area contributed by atoms with Crippen molar-refractivity contribution in [1.82, 2.24) is 9.78 Å². The number of anilines is 1. The lowest BCUT2D eigenvalue weighted by Crippen LogP contribution is -2.24. The number of fused-ring (bicyclic) bond motifs is 1. The number of phenols is 1. The number of nitrogens with zero attached hydrogens (tertiary/aromatic N) is 1. The third-order valence-corrected chi connectivity index (χ3v) is 6.27. The first-order valence-electron chi connectivity index (χ1n) is 8.36. The van der Waals surface area contributed by atoms with Gasteiger partial charge in [-0.1, -0.05) is 17.7 Å². The summed E-state index contributed by atoms with van der Waals surface area (Å²) in [4.78, 5) is 25.0. The summed E-state index contributed by atoms with van der Waals surface area (Å²) in [7, 11) is 0. The van der Waals surface area contributed by atoms with Gasteiger partial charge < -0.3 is 15.2 Å². The van der Waals surface area contributed by atoms with Crippen LogP contribution in [-0.2, 0) is 9.53 Å². The van der Waals surface area contributed by atoms with Crippen LogP contribution in [0.2, 0.25) is 5.02 Å². The third kappa shape index (κ3) is 3.13. The third-order valence-electron chi connectivity index (χ3n) is 4.69. The number of rotatable bonds is 2. The summed E-state index contributed by atoms with van der Waals surface area (Å²) in [5.41, 5.74) is 1.05. The van der Waals surface area contributed by atoms with Crippen LogP contribution in [0.1, 0.15) is 35.3 Å². The zero-order valence-corrected chi connectivity index (χ0v) is 15.4. The van der Waals surface area contributed by atoms with Crippen molar-refractivity contribution in [1.29, 1.82) is 0 Å². The predicted molar refractivity (Wildman–Crippen MR) is 100 cm³/mol. The van der Waals surface area contributed by atoms with Gasteiger partial charge in [-0.2, -0.15) is 0 Å². The average molecular weight is 396 g/mol. The molecule has 2 aromatic rings. The summed E-state index contributed by atoms with van der Waals surface area (Å²) in [5.74, 6) is 0.581. The summed E-state index contributed by atoms with van der Waals surface area (Å²) in [6, 6.07) is 4.94. The lowest BCUT2D eigenvalue weighted by Gasteiger charge is -2.25. The summed E-state index contributed by atoms with van der Waals surface area (Å²) < 4.78 is 7.17. The van der Waals surface area contributed by atoms with E-state index >= 15 is 0 Å². The summed E-state index contributed by atoms with van der Waals surface area (Å²) >= 11 is 7.42.